The van der Waals surface area contributed by atoms with Crippen molar-refractivity contribution in [3.8, 4) is 0 Å². The first-order chi connectivity index (χ1) is 8.76. The first-order valence-electron chi connectivity index (χ1n) is 6.24. The summed E-state index contributed by atoms with van der Waals surface area (Å²) in [6.07, 6.45) is 5.07. The Morgan fingerprint density at radius 3 is 2.94 bits per heavy atom. The summed E-state index contributed by atoms with van der Waals surface area (Å²) in [4.78, 5) is 22.2. The highest BCUT2D eigenvalue weighted by molar-refractivity contribution is 5.92. The molecular formula is C12H18N4O2. The summed E-state index contributed by atoms with van der Waals surface area (Å²) < 4.78 is 0. The maximum absolute atomic E-state index is 12.3. The van der Waals surface area contributed by atoms with Gasteiger partial charge in [-0.3, -0.25) is 9.78 Å². The van der Waals surface area contributed by atoms with Crippen LogP contribution in [0.5, 0.6) is 0 Å². The van der Waals surface area contributed by atoms with E-state index >= 15 is 0 Å². The molecule has 18 heavy (non-hydrogen) atoms. The average Bonchev–Trinajstić information content (AvgIpc) is 3.20. The Morgan fingerprint density at radius 2 is 2.33 bits per heavy atom. The van der Waals surface area contributed by atoms with Crippen LogP contribution in [0.25, 0.3) is 0 Å². The number of rotatable bonds is 6. The lowest BCUT2D eigenvalue weighted by molar-refractivity contribution is 0.0701. The smallest absolute Gasteiger partial charge is 0.274 e. The fraction of sp³-hybridized carbons (Fsp3) is 0.583. The van der Waals surface area contributed by atoms with Crippen LogP contribution in [-0.4, -0.2) is 51.6 Å². The number of carbonyl (C=O) groups excluding carboxylic acids is 1. The highest BCUT2D eigenvalue weighted by atomic mass is 16.3. The van der Waals surface area contributed by atoms with Gasteiger partial charge in [-0.2, -0.15) is 0 Å². The van der Waals surface area contributed by atoms with E-state index in [0.29, 0.717) is 18.1 Å². The number of carbonyl (C=O) groups is 1. The van der Waals surface area contributed by atoms with Gasteiger partial charge in [-0.1, -0.05) is 0 Å². The Kier molecular flexibility index (Phi) is 4.09. The van der Waals surface area contributed by atoms with Crippen LogP contribution < -0.4 is 5.32 Å². The van der Waals surface area contributed by atoms with Crippen molar-refractivity contribution in [2.24, 2.45) is 0 Å². The van der Waals surface area contributed by atoms with E-state index in [1.54, 1.807) is 11.1 Å². The van der Waals surface area contributed by atoms with E-state index in [2.05, 4.69) is 15.3 Å². The van der Waals surface area contributed by atoms with E-state index in [1.165, 1.54) is 6.20 Å². The third-order valence-corrected chi connectivity index (χ3v) is 2.80. The van der Waals surface area contributed by atoms with E-state index < -0.39 is 0 Å². The topological polar surface area (TPSA) is 78.4 Å². The van der Waals surface area contributed by atoms with Gasteiger partial charge >= 0.3 is 0 Å². The van der Waals surface area contributed by atoms with Gasteiger partial charge in [-0.15, -0.1) is 0 Å². The lowest BCUT2D eigenvalue weighted by Gasteiger charge is -2.20. The van der Waals surface area contributed by atoms with Crippen molar-refractivity contribution in [3.05, 3.63) is 18.1 Å². The van der Waals surface area contributed by atoms with Gasteiger partial charge in [0.2, 0.25) is 0 Å². The van der Waals surface area contributed by atoms with Crippen molar-refractivity contribution in [1.29, 1.82) is 0 Å². The molecule has 1 aliphatic rings. The van der Waals surface area contributed by atoms with E-state index in [1.807, 2.05) is 6.92 Å². The van der Waals surface area contributed by atoms with Gasteiger partial charge < -0.3 is 15.3 Å². The Bertz CT molecular complexity index is 420. The molecule has 0 aromatic carbocycles. The molecular weight excluding hydrogens is 232 g/mol. The average molecular weight is 250 g/mol. The molecule has 1 aromatic heterocycles. The van der Waals surface area contributed by atoms with Gasteiger partial charge in [0.05, 0.1) is 19.0 Å². The number of aliphatic hydroxyl groups excluding tert-OH is 1. The van der Waals surface area contributed by atoms with Crippen LogP contribution in [0.4, 0.5) is 5.82 Å². The Labute approximate surface area is 106 Å². The summed E-state index contributed by atoms with van der Waals surface area (Å²) in [6, 6.07) is 0.259. The maximum atomic E-state index is 12.3. The molecule has 1 fully saturated rings. The molecule has 0 bridgehead atoms. The molecule has 1 heterocycles. The van der Waals surface area contributed by atoms with Gasteiger partial charge in [-0.05, 0) is 19.8 Å². The van der Waals surface area contributed by atoms with E-state index in [4.69, 9.17) is 5.11 Å². The van der Waals surface area contributed by atoms with Crippen molar-refractivity contribution in [2.45, 2.75) is 25.8 Å². The molecule has 6 heteroatoms. The summed E-state index contributed by atoms with van der Waals surface area (Å²) in [5.41, 5.74) is 0.328. The molecule has 0 atom stereocenters. The van der Waals surface area contributed by atoms with Gasteiger partial charge in [0.15, 0.2) is 0 Å². The number of hydrogen-bond donors (Lipinski definition) is 2. The number of aromatic nitrogens is 2. The molecule has 0 aliphatic heterocycles. The molecule has 0 spiro atoms. The molecule has 1 aromatic rings. The molecule has 2 N–H and O–H groups in total. The van der Waals surface area contributed by atoms with E-state index in [-0.39, 0.29) is 18.6 Å². The molecule has 2 rings (SSSR count). The predicted molar refractivity (Wildman–Crippen MR) is 67.3 cm³/mol. The Balaban J connectivity index is 2.13. The SMILES string of the molecule is CCNc1cncc(C(=O)N(CCO)C2CC2)n1. The van der Waals surface area contributed by atoms with Crippen LogP contribution in [0.1, 0.15) is 30.3 Å². The normalized spacial score (nSPS) is 14.3. The first kappa shape index (κ1) is 12.8. The highest BCUT2D eigenvalue weighted by Crippen LogP contribution is 2.27. The molecule has 1 amide bonds. The minimum absolute atomic E-state index is 0.0252. The van der Waals surface area contributed by atoms with Crippen LogP contribution in [0.3, 0.4) is 0 Å². The largest absolute Gasteiger partial charge is 0.395 e. The second-order valence-corrected chi connectivity index (χ2v) is 4.27. The number of anilines is 1. The minimum atomic E-state index is -0.154. The molecule has 98 valence electrons. The summed E-state index contributed by atoms with van der Waals surface area (Å²) in [5, 5.41) is 12.0. The van der Waals surface area contributed by atoms with E-state index in [0.717, 1.165) is 19.4 Å². The highest BCUT2D eigenvalue weighted by Gasteiger charge is 2.33. The van der Waals surface area contributed by atoms with Crippen LogP contribution in [0, 0.1) is 0 Å². The number of amides is 1. The van der Waals surface area contributed by atoms with Crippen molar-refractivity contribution < 1.29 is 9.90 Å². The number of nitrogens with zero attached hydrogens (tertiary/aromatic N) is 3. The Morgan fingerprint density at radius 1 is 1.56 bits per heavy atom. The van der Waals surface area contributed by atoms with Crippen molar-refractivity contribution in [3.63, 3.8) is 0 Å². The van der Waals surface area contributed by atoms with Crippen molar-refractivity contribution in [1.82, 2.24) is 14.9 Å². The van der Waals surface area contributed by atoms with Crippen LogP contribution in [-0.2, 0) is 0 Å². The van der Waals surface area contributed by atoms with Crippen LogP contribution >= 0.6 is 0 Å². The lowest BCUT2D eigenvalue weighted by atomic mass is 10.3. The Hall–Kier alpha value is -1.69. The summed E-state index contributed by atoms with van der Waals surface area (Å²) >= 11 is 0. The minimum Gasteiger partial charge on any atom is -0.395 e. The summed E-state index contributed by atoms with van der Waals surface area (Å²) in [7, 11) is 0. The molecule has 0 saturated heterocycles. The number of hydrogen-bond acceptors (Lipinski definition) is 5. The van der Waals surface area contributed by atoms with Crippen LogP contribution in [0.2, 0.25) is 0 Å². The van der Waals surface area contributed by atoms with E-state index in [9.17, 15) is 4.79 Å². The predicted octanol–water partition coefficient (Wildman–Crippen LogP) is 0.505. The third-order valence-electron chi connectivity index (χ3n) is 2.80. The lowest BCUT2D eigenvalue weighted by Crippen LogP contribution is -2.36. The quantitative estimate of drug-likeness (QED) is 0.769. The fourth-order valence-corrected chi connectivity index (χ4v) is 1.83. The van der Waals surface area contributed by atoms with Crippen molar-refractivity contribution >= 4 is 11.7 Å². The standard InChI is InChI=1S/C12H18N4O2/c1-2-14-11-8-13-7-10(15-11)12(18)16(5-6-17)9-3-4-9/h7-9,17H,2-6H2,1H3,(H,14,15). The molecule has 1 aliphatic carbocycles. The summed E-state index contributed by atoms with van der Waals surface area (Å²) in [5.74, 6) is 0.446. The maximum Gasteiger partial charge on any atom is 0.274 e. The molecule has 0 radical (unpaired) electrons. The zero-order valence-corrected chi connectivity index (χ0v) is 10.5. The fourth-order valence-electron chi connectivity index (χ4n) is 1.83. The first-order valence-corrected chi connectivity index (χ1v) is 6.24. The molecule has 1 saturated carbocycles. The van der Waals surface area contributed by atoms with Gasteiger partial charge in [0, 0.05) is 19.1 Å². The summed E-state index contributed by atoms with van der Waals surface area (Å²) in [6.45, 7) is 3.02. The van der Waals surface area contributed by atoms with Gasteiger partial charge in [-0.25, -0.2) is 4.98 Å². The number of aliphatic hydroxyl groups is 1. The van der Waals surface area contributed by atoms with Gasteiger partial charge in [0.25, 0.3) is 5.91 Å². The van der Waals surface area contributed by atoms with Crippen LogP contribution in [0.15, 0.2) is 12.4 Å². The third kappa shape index (κ3) is 2.95. The van der Waals surface area contributed by atoms with Gasteiger partial charge in [0.1, 0.15) is 11.5 Å². The second-order valence-electron chi connectivity index (χ2n) is 4.27. The second kappa shape index (κ2) is 5.77. The molecule has 6 nitrogen and oxygen atoms in total. The zero-order valence-electron chi connectivity index (χ0n) is 10.5. The zero-order chi connectivity index (χ0) is 13.0. The molecule has 0 unspecified atom stereocenters. The monoisotopic (exact) mass is 250 g/mol. The number of nitrogens with one attached hydrogen (secondary N) is 1. The van der Waals surface area contributed by atoms with Crippen molar-refractivity contribution in [2.75, 3.05) is 25.0 Å².